The molecule has 1 N–H and O–H groups in total. The number of rotatable bonds is 4. The molecule has 1 aromatic rings. The molecule has 3 aliphatic rings. The Balaban J connectivity index is 1.41. The summed E-state index contributed by atoms with van der Waals surface area (Å²) < 4.78 is 5.52. The van der Waals surface area contributed by atoms with Crippen LogP contribution >= 0.6 is 0 Å². The van der Waals surface area contributed by atoms with Crippen molar-refractivity contribution in [1.29, 1.82) is 0 Å². The number of nitrogens with zero attached hydrogens (tertiary/aromatic N) is 2. The van der Waals surface area contributed by atoms with E-state index in [0.29, 0.717) is 25.9 Å². The molecule has 4 rings (SSSR count). The van der Waals surface area contributed by atoms with Crippen molar-refractivity contribution in [3.05, 3.63) is 35.4 Å². The first-order valence-corrected chi connectivity index (χ1v) is 9.40. The summed E-state index contributed by atoms with van der Waals surface area (Å²) in [5, 5.41) is 8.91. The number of carbonyl (C=O) groups is 3. The SMILES string of the molecule is Cc1ccc(C2(C(=O)N3CCC4(CC3)CN(CC(=O)O)C(=O)O4)CC2)cc1. The van der Waals surface area contributed by atoms with Crippen LogP contribution < -0.4 is 0 Å². The van der Waals surface area contributed by atoms with Crippen molar-refractivity contribution >= 4 is 18.0 Å². The summed E-state index contributed by atoms with van der Waals surface area (Å²) in [6.45, 7) is 3.02. The van der Waals surface area contributed by atoms with E-state index < -0.39 is 17.7 Å². The van der Waals surface area contributed by atoms with E-state index in [1.807, 2.05) is 36.1 Å². The van der Waals surface area contributed by atoms with Crippen LogP contribution in [-0.4, -0.2) is 64.7 Å². The van der Waals surface area contributed by atoms with E-state index in [1.54, 1.807) is 0 Å². The molecule has 2 amide bonds. The van der Waals surface area contributed by atoms with Crippen LogP contribution in [0.3, 0.4) is 0 Å². The Morgan fingerprint density at radius 1 is 1.11 bits per heavy atom. The number of amides is 2. The van der Waals surface area contributed by atoms with E-state index in [4.69, 9.17) is 9.84 Å². The van der Waals surface area contributed by atoms with Gasteiger partial charge in [0.25, 0.3) is 0 Å². The van der Waals surface area contributed by atoms with Crippen molar-refractivity contribution in [3.63, 3.8) is 0 Å². The molecule has 0 bridgehead atoms. The zero-order valence-corrected chi connectivity index (χ0v) is 15.4. The lowest BCUT2D eigenvalue weighted by atomic mass is 9.88. The molecule has 1 saturated carbocycles. The number of aryl methyl sites for hydroxylation is 1. The van der Waals surface area contributed by atoms with E-state index in [2.05, 4.69) is 0 Å². The Labute approximate surface area is 157 Å². The van der Waals surface area contributed by atoms with Gasteiger partial charge < -0.3 is 14.7 Å². The summed E-state index contributed by atoms with van der Waals surface area (Å²) in [7, 11) is 0. The van der Waals surface area contributed by atoms with Crippen LogP contribution in [0.25, 0.3) is 0 Å². The third-order valence-electron chi connectivity index (χ3n) is 6.09. The number of aliphatic carboxylic acids is 1. The van der Waals surface area contributed by atoms with Gasteiger partial charge in [-0.2, -0.15) is 0 Å². The van der Waals surface area contributed by atoms with Gasteiger partial charge in [-0.05, 0) is 25.3 Å². The molecule has 1 spiro atoms. The molecule has 0 aromatic heterocycles. The predicted molar refractivity (Wildman–Crippen MR) is 96.3 cm³/mol. The van der Waals surface area contributed by atoms with E-state index in [1.165, 1.54) is 10.5 Å². The quantitative estimate of drug-likeness (QED) is 0.873. The second-order valence-electron chi connectivity index (χ2n) is 8.04. The fourth-order valence-corrected chi connectivity index (χ4v) is 4.28. The number of benzene rings is 1. The van der Waals surface area contributed by atoms with Gasteiger partial charge >= 0.3 is 12.1 Å². The molecule has 0 atom stereocenters. The molecule has 0 radical (unpaired) electrons. The summed E-state index contributed by atoms with van der Waals surface area (Å²) in [4.78, 5) is 39.1. The van der Waals surface area contributed by atoms with Gasteiger partial charge in [0.1, 0.15) is 12.1 Å². The minimum Gasteiger partial charge on any atom is -0.480 e. The second kappa shape index (κ2) is 6.25. The molecule has 1 aromatic carbocycles. The van der Waals surface area contributed by atoms with Crippen LogP contribution in [0, 0.1) is 6.92 Å². The Bertz CT molecular complexity index is 776. The Morgan fingerprint density at radius 3 is 2.30 bits per heavy atom. The normalized spacial score (nSPS) is 22.6. The first-order valence-electron chi connectivity index (χ1n) is 9.40. The van der Waals surface area contributed by atoms with Gasteiger partial charge in [-0.25, -0.2) is 4.79 Å². The third-order valence-corrected chi connectivity index (χ3v) is 6.09. The van der Waals surface area contributed by atoms with Gasteiger partial charge in [0, 0.05) is 25.9 Å². The average Bonchev–Trinajstić information content (AvgIpc) is 3.38. The molecule has 27 heavy (non-hydrogen) atoms. The highest BCUT2D eigenvalue weighted by atomic mass is 16.6. The number of hydrogen-bond donors (Lipinski definition) is 1. The highest BCUT2D eigenvalue weighted by Gasteiger charge is 2.55. The predicted octanol–water partition coefficient (Wildman–Crippen LogP) is 1.92. The number of carboxylic acid groups (broad SMARTS) is 1. The lowest BCUT2D eigenvalue weighted by Crippen LogP contribution is -2.51. The van der Waals surface area contributed by atoms with Crippen molar-refractivity contribution in [2.24, 2.45) is 0 Å². The zero-order chi connectivity index (χ0) is 19.2. The number of carboxylic acids is 1. The number of piperidine rings is 1. The summed E-state index contributed by atoms with van der Waals surface area (Å²) in [5.41, 5.74) is 1.21. The van der Waals surface area contributed by atoms with Crippen molar-refractivity contribution in [2.45, 2.75) is 43.6 Å². The van der Waals surface area contributed by atoms with Crippen LogP contribution in [0.2, 0.25) is 0 Å². The maximum atomic E-state index is 13.2. The van der Waals surface area contributed by atoms with Crippen LogP contribution in [-0.2, 0) is 19.7 Å². The first-order chi connectivity index (χ1) is 12.8. The molecule has 0 unspecified atom stereocenters. The number of likely N-dealkylation sites (tertiary alicyclic amines) is 1. The van der Waals surface area contributed by atoms with Crippen molar-refractivity contribution in [2.75, 3.05) is 26.2 Å². The molecular weight excluding hydrogens is 348 g/mol. The first kappa shape index (κ1) is 17.8. The van der Waals surface area contributed by atoms with Gasteiger partial charge in [-0.1, -0.05) is 29.8 Å². The summed E-state index contributed by atoms with van der Waals surface area (Å²) >= 11 is 0. The van der Waals surface area contributed by atoms with E-state index >= 15 is 0 Å². The molecule has 7 heteroatoms. The van der Waals surface area contributed by atoms with Gasteiger partial charge in [-0.15, -0.1) is 0 Å². The van der Waals surface area contributed by atoms with Crippen LogP contribution in [0.15, 0.2) is 24.3 Å². The molecule has 2 heterocycles. The summed E-state index contributed by atoms with van der Waals surface area (Å²) in [6.07, 6.45) is 2.26. The van der Waals surface area contributed by atoms with Crippen molar-refractivity contribution in [3.8, 4) is 0 Å². The zero-order valence-electron chi connectivity index (χ0n) is 15.4. The van der Waals surface area contributed by atoms with E-state index in [9.17, 15) is 14.4 Å². The second-order valence-corrected chi connectivity index (χ2v) is 8.04. The van der Waals surface area contributed by atoms with E-state index in [-0.39, 0.29) is 24.4 Å². The fourth-order valence-electron chi connectivity index (χ4n) is 4.28. The Hall–Kier alpha value is -2.57. The average molecular weight is 372 g/mol. The smallest absolute Gasteiger partial charge is 0.411 e. The molecule has 7 nitrogen and oxygen atoms in total. The summed E-state index contributed by atoms with van der Waals surface area (Å²) in [6, 6.07) is 8.19. The van der Waals surface area contributed by atoms with Crippen LogP contribution in [0.4, 0.5) is 4.79 Å². The van der Waals surface area contributed by atoms with E-state index in [0.717, 1.165) is 18.4 Å². The Morgan fingerprint density at radius 2 is 1.74 bits per heavy atom. The minimum absolute atomic E-state index is 0.160. The highest BCUT2D eigenvalue weighted by Crippen LogP contribution is 2.50. The maximum absolute atomic E-state index is 13.2. The topological polar surface area (TPSA) is 87.2 Å². The highest BCUT2D eigenvalue weighted by molar-refractivity contribution is 5.91. The van der Waals surface area contributed by atoms with Gasteiger partial charge in [0.15, 0.2) is 0 Å². The fraction of sp³-hybridized carbons (Fsp3) is 0.550. The number of hydrogen-bond acceptors (Lipinski definition) is 4. The lowest BCUT2D eigenvalue weighted by Gasteiger charge is -2.39. The number of carbonyl (C=O) groups excluding carboxylic acids is 2. The molecule has 3 fully saturated rings. The minimum atomic E-state index is -1.05. The molecule has 2 aliphatic heterocycles. The third kappa shape index (κ3) is 3.15. The van der Waals surface area contributed by atoms with Gasteiger partial charge in [0.2, 0.25) is 5.91 Å². The standard InChI is InChI=1S/C20H24N2O5/c1-14-2-4-15(5-3-14)20(6-7-20)17(25)21-10-8-19(9-11-21)13-22(12-16(23)24)18(26)27-19/h2-5H,6-13H2,1H3,(H,23,24). The molecule has 144 valence electrons. The van der Waals surface area contributed by atoms with Crippen molar-refractivity contribution in [1.82, 2.24) is 9.80 Å². The molecule has 2 saturated heterocycles. The largest absolute Gasteiger partial charge is 0.480 e. The molecule has 1 aliphatic carbocycles. The monoisotopic (exact) mass is 372 g/mol. The van der Waals surface area contributed by atoms with Crippen LogP contribution in [0.5, 0.6) is 0 Å². The van der Waals surface area contributed by atoms with Gasteiger partial charge in [-0.3, -0.25) is 14.5 Å². The lowest BCUT2D eigenvalue weighted by molar-refractivity contribution is -0.137. The van der Waals surface area contributed by atoms with Crippen LogP contribution in [0.1, 0.15) is 36.8 Å². The molecular formula is C20H24N2O5. The van der Waals surface area contributed by atoms with Gasteiger partial charge in [0.05, 0.1) is 12.0 Å². The number of ether oxygens (including phenoxy) is 1. The van der Waals surface area contributed by atoms with Crippen molar-refractivity contribution < 1.29 is 24.2 Å². The summed E-state index contributed by atoms with van der Waals surface area (Å²) in [5.74, 6) is -0.890. The Kier molecular flexibility index (Phi) is 4.13. The maximum Gasteiger partial charge on any atom is 0.411 e.